The number of carbonyl (C=O) groups is 2. The number of rotatable bonds is 8. The van der Waals surface area contributed by atoms with Gasteiger partial charge in [-0.3, -0.25) is 9.59 Å². The summed E-state index contributed by atoms with van der Waals surface area (Å²) in [6.07, 6.45) is 0.833. The second-order valence-corrected chi connectivity index (χ2v) is 9.79. The van der Waals surface area contributed by atoms with Gasteiger partial charge in [-0.05, 0) is 36.2 Å². The highest BCUT2D eigenvalue weighted by atomic mass is 35.5. The molecule has 2 amide bonds. The fourth-order valence-corrected chi connectivity index (χ4v) is 3.66. The Balaban J connectivity index is 0.000000844. The molecule has 0 saturated heterocycles. The van der Waals surface area contributed by atoms with Gasteiger partial charge in [0.15, 0.2) is 0 Å². The topological polar surface area (TPSA) is 108 Å². The Morgan fingerprint density at radius 1 is 1.07 bits per heavy atom. The highest BCUT2D eigenvalue weighted by Crippen LogP contribution is 2.29. The van der Waals surface area contributed by atoms with E-state index >= 15 is 0 Å². The van der Waals surface area contributed by atoms with Crippen molar-refractivity contribution in [3.63, 3.8) is 0 Å². The van der Waals surface area contributed by atoms with Crippen LogP contribution in [0.4, 0.5) is 11.5 Å². The molecule has 222 valence electrons. The summed E-state index contributed by atoms with van der Waals surface area (Å²) in [7, 11) is 1.88. The number of aliphatic hydroxyl groups excluding tert-OH is 1. The molecule has 4 N–H and O–H groups in total. The maximum Gasteiger partial charge on any atom is 0.224 e. The number of benzene rings is 2. The van der Waals surface area contributed by atoms with Crippen molar-refractivity contribution in [2.45, 2.75) is 67.2 Å². The lowest BCUT2D eigenvalue weighted by molar-refractivity contribution is -0.120. The molecular weight excluding hydrogens is 549 g/mol. The molecule has 0 fully saturated rings. The lowest BCUT2D eigenvalue weighted by Crippen LogP contribution is -2.28. The van der Waals surface area contributed by atoms with Crippen LogP contribution in [0.5, 0.6) is 0 Å². The Morgan fingerprint density at radius 2 is 1.70 bits per heavy atom. The molecule has 2 aromatic carbocycles. The van der Waals surface area contributed by atoms with Crippen LogP contribution in [-0.2, 0) is 21.4 Å². The number of nitrogens with zero attached hydrogens (tertiary/aromatic N) is 2. The van der Waals surface area contributed by atoms with Crippen LogP contribution in [0.3, 0.4) is 0 Å². The zero-order valence-electron chi connectivity index (χ0n) is 25.2. The molecule has 3 aromatic rings. The molecule has 0 unspecified atom stereocenters. The number of halogens is 2. The molecule has 0 radical (unpaired) electrons. The Morgan fingerprint density at radius 3 is 2.25 bits per heavy atom. The Labute approximate surface area is 249 Å². The van der Waals surface area contributed by atoms with Crippen molar-refractivity contribution < 1.29 is 14.7 Å². The quantitative estimate of drug-likeness (QED) is 0.215. The van der Waals surface area contributed by atoms with Crippen molar-refractivity contribution in [1.29, 1.82) is 0 Å². The van der Waals surface area contributed by atoms with Crippen LogP contribution < -0.4 is 16.0 Å². The maximum atomic E-state index is 12.0. The van der Waals surface area contributed by atoms with Gasteiger partial charge >= 0.3 is 0 Å². The van der Waals surface area contributed by atoms with Gasteiger partial charge in [0.2, 0.25) is 12.3 Å². The van der Waals surface area contributed by atoms with Crippen molar-refractivity contribution in [3.8, 4) is 5.69 Å². The summed E-state index contributed by atoms with van der Waals surface area (Å²) in [4.78, 5) is 22.0. The molecule has 40 heavy (non-hydrogen) atoms. The molecule has 1 heterocycles. The van der Waals surface area contributed by atoms with Gasteiger partial charge in [0, 0.05) is 25.1 Å². The first-order valence-electron chi connectivity index (χ1n) is 13.4. The fourth-order valence-electron chi connectivity index (χ4n) is 3.31. The minimum Gasteiger partial charge on any atom is -0.395 e. The molecule has 0 aliphatic rings. The minimum atomic E-state index is -0.0982. The van der Waals surface area contributed by atoms with E-state index in [2.05, 4.69) is 42.8 Å². The second kappa shape index (κ2) is 19.1. The summed E-state index contributed by atoms with van der Waals surface area (Å²) >= 11 is 11.4. The van der Waals surface area contributed by atoms with Gasteiger partial charge in [-0.15, -0.1) is 0 Å². The molecule has 10 heteroatoms. The van der Waals surface area contributed by atoms with Crippen LogP contribution in [-0.4, -0.2) is 47.4 Å². The van der Waals surface area contributed by atoms with E-state index in [4.69, 9.17) is 33.4 Å². The van der Waals surface area contributed by atoms with Gasteiger partial charge in [-0.25, -0.2) is 4.68 Å². The van der Waals surface area contributed by atoms with E-state index in [1.54, 1.807) is 18.2 Å². The number of aromatic nitrogens is 2. The van der Waals surface area contributed by atoms with E-state index in [1.165, 1.54) is 0 Å². The van der Waals surface area contributed by atoms with Gasteiger partial charge < -0.3 is 21.1 Å². The fraction of sp³-hybridized carbons (Fsp3) is 0.433. The van der Waals surface area contributed by atoms with Gasteiger partial charge in [0.25, 0.3) is 0 Å². The smallest absolute Gasteiger partial charge is 0.224 e. The third-order valence-corrected chi connectivity index (χ3v) is 6.15. The largest absolute Gasteiger partial charge is 0.395 e. The first-order valence-corrected chi connectivity index (χ1v) is 14.2. The van der Waals surface area contributed by atoms with Crippen molar-refractivity contribution in [1.82, 2.24) is 15.1 Å². The highest BCUT2D eigenvalue weighted by molar-refractivity contribution is 6.43. The summed E-state index contributed by atoms with van der Waals surface area (Å²) < 4.78 is 1.89. The van der Waals surface area contributed by atoms with E-state index in [-0.39, 0.29) is 30.9 Å². The molecule has 3 rings (SSSR count). The van der Waals surface area contributed by atoms with Gasteiger partial charge in [-0.2, -0.15) is 5.10 Å². The Hall–Kier alpha value is -3.07. The summed E-state index contributed by atoms with van der Waals surface area (Å²) in [5.74, 6) is 0.814. The van der Waals surface area contributed by atoms with E-state index in [0.717, 1.165) is 28.3 Å². The summed E-state index contributed by atoms with van der Waals surface area (Å²) in [6.45, 7) is 16.6. The Kier molecular flexibility index (Phi) is 17.6. The molecule has 1 aromatic heterocycles. The van der Waals surface area contributed by atoms with E-state index < -0.39 is 0 Å². The average molecular weight is 595 g/mol. The molecule has 0 bridgehead atoms. The third-order valence-electron chi connectivity index (χ3n) is 5.33. The lowest BCUT2D eigenvalue weighted by Gasteiger charge is -2.15. The Bertz CT molecular complexity index is 1190. The molecule has 8 nitrogen and oxygen atoms in total. The first kappa shape index (κ1) is 36.9. The second-order valence-electron chi connectivity index (χ2n) is 9.00. The number of hydrogen-bond acceptors (Lipinski definition) is 5. The number of nitrogens with one attached hydrogen (secondary N) is 3. The minimum absolute atomic E-state index is 0.0491. The van der Waals surface area contributed by atoms with Crippen molar-refractivity contribution in [3.05, 3.63) is 69.3 Å². The predicted molar refractivity (Wildman–Crippen MR) is 169 cm³/mol. The van der Waals surface area contributed by atoms with E-state index in [0.29, 0.717) is 22.1 Å². The third kappa shape index (κ3) is 11.2. The molecular formula is C30H45Cl2N5O3. The van der Waals surface area contributed by atoms with Crippen LogP contribution in [0.25, 0.3) is 5.69 Å². The molecule has 0 atom stereocenters. The van der Waals surface area contributed by atoms with Crippen molar-refractivity contribution in [2.24, 2.45) is 0 Å². The van der Waals surface area contributed by atoms with Crippen LogP contribution in [0.1, 0.15) is 65.3 Å². The number of aliphatic hydroxyl groups is 1. The standard InChI is InChI=1S/C19H28N4O2.C7H5Cl2NO.2C2H6/c1-13-14(11-18(25)21-9-10-24)7-6-8-15(13)23-17(20-5)12-16(22-23)19(2,3)4;8-5-2-1-3-6(7(5)9)10-4-11;2*1-2/h6-8,12,20,24H,9-11H2,1-5H3,(H,21,25);1-4H,(H,10,11);2*1-2H3. The summed E-state index contributed by atoms with van der Waals surface area (Å²) in [6, 6.07) is 13.0. The zero-order valence-corrected chi connectivity index (χ0v) is 26.7. The average Bonchev–Trinajstić information content (AvgIpc) is 3.39. The summed E-state index contributed by atoms with van der Waals surface area (Å²) in [5, 5.41) is 22.7. The molecule has 0 saturated carbocycles. The van der Waals surface area contributed by atoms with Crippen LogP contribution in [0.15, 0.2) is 42.5 Å². The highest BCUT2D eigenvalue weighted by Gasteiger charge is 2.21. The van der Waals surface area contributed by atoms with E-state index in [9.17, 15) is 9.59 Å². The van der Waals surface area contributed by atoms with Crippen LogP contribution in [0, 0.1) is 6.92 Å². The SMILES string of the molecule is CC.CC.CNc1cc(C(C)(C)C)nn1-c1cccc(CC(=O)NCCO)c1C.O=CNc1cccc(Cl)c1Cl. The zero-order chi connectivity index (χ0) is 30.9. The number of amides is 2. The monoisotopic (exact) mass is 593 g/mol. The van der Waals surface area contributed by atoms with E-state index in [1.807, 2.05) is 64.5 Å². The normalized spacial score (nSPS) is 10.0. The number of anilines is 2. The van der Waals surface area contributed by atoms with Crippen molar-refractivity contribution >= 4 is 47.0 Å². The summed E-state index contributed by atoms with van der Waals surface area (Å²) in [5.41, 5.74) is 4.39. The van der Waals surface area contributed by atoms with Gasteiger partial charge in [0.1, 0.15) is 5.82 Å². The molecule has 0 aliphatic carbocycles. The van der Waals surface area contributed by atoms with Crippen LogP contribution >= 0.6 is 23.2 Å². The lowest BCUT2D eigenvalue weighted by atomic mass is 9.92. The molecule has 0 aliphatic heterocycles. The van der Waals surface area contributed by atoms with Crippen molar-refractivity contribution in [2.75, 3.05) is 30.8 Å². The first-order chi connectivity index (χ1) is 19.0. The number of carbonyl (C=O) groups excluding carboxylic acids is 2. The van der Waals surface area contributed by atoms with Crippen LogP contribution in [0.2, 0.25) is 10.0 Å². The van der Waals surface area contributed by atoms with Gasteiger partial charge in [0.05, 0.1) is 40.1 Å². The number of hydrogen-bond donors (Lipinski definition) is 4. The maximum absolute atomic E-state index is 12.0. The van der Waals surface area contributed by atoms with Gasteiger partial charge in [-0.1, -0.05) is 89.9 Å². The molecule has 0 spiro atoms. The predicted octanol–water partition coefficient (Wildman–Crippen LogP) is 6.79.